The lowest BCUT2D eigenvalue weighted by Gasteiger charge is -2.43. The molecule has 18 heteroatoms. The zero-order valence-electron chi connectivity index (χ0n) is 28.2. The highest BCUT2D eigenvalue weighted by atomic mass is 16.8. The fourth-order valence-corrected chi connectivity index (χ4v) is 4.11. The largest absolute Gasteiger partial charge is 0.463 e. The number of nitro benzene ring substituents is 1. The third kappa shape index (κ3) is 9.93. The lowest BCUT2D eigenvalue weighted by molar-refractivity contribution is -0.384. The molecule has 1 heterocycles. The summed E-state index contributed by atoms with van der Waals surface area (Å²) < 4.78 is 66.2. The number of hydrogen-bond acceptors (Lipinski definition) is 16. The van der Waals surface area contributed by atoms with Gasteiger partial charge in [0.1, 0.15) is 18.5 Å². The van der Waals surface area contributed by atoms with Crippen LogP contribution in [0.15, 0.2) is 48.5 Å². The van der Waals surface area contributed by atoms with E-state index in [0.717, 1.165) is 24.3 Å². The van der Waals surface area contributed by atoms with Gasteiger partial charge in [0, 0.05) is 45.2 Å². The van der Waals surface area contributed by atoms with Crippen LogP contribution in [0.1, 0.15) is 38.6 Å². The molecule has 0 aliphatic carbocycles. The number of amides is 2. The average molecular weight is 667 g/mol. The van der Waals surface area contributed by atoms with Crippen molar-refractivity contribution in [2.75, 3.05) is 11.5 Å². The van der Waals surface area contributed by atoms with Crippen molar-refractivity contribution in [3.05, 3.63) is 64.2 Å². The molecule has 2 aromatic carbocycles. The van der Waals surface area contributed by atoms with Crippen LogP contribution in [0.25, 0.3) is 0 Å². The third-order valence-corrected chi connectivity index (χ3v) is 6.01. The number of non-ortho nitro benzene ring substituents is 1. The Morgan fingerprint density at radius 3 is 1.94 bits per heavy atom. The van der Waals surface area contributed by atoms with Crippen molar-refractivity contribution in [1.82, 2.24) is 0 Å². The van der Waals surface area contributed by atoms with Gasteiger partial charge >= 0.3 is 36.1 Å². The van der Waals surface area contributed by atoms with Gasteiger partial charge in [-0.05, 0) is 29.8 Å². The van der Waals surface area contributed by atoms with Gasteiger partial charge in [-0.1, -0.05) is 12.1 Å². The van der Waals surface area contributed by atoms with Gasteiger partial charge in [-0.25, -0.2) is 9.59 Å². The Bertz CT molecular complexity index is 1580. The van der Waals surface area contributed by atoms with Gasteiger partial charge in [-0.2, -0.15) is 4.90 Å². The minimum Gasteiger partial charge on any atom is -0.463 e. The molecule has 252 valence electrons. The number of nitrogens with zero attached hydrogens (tertiary/aromatic N) is 2. The first-order chi connectivity index (χ1) is 24.3. The van der Waals surface area contributed by atoms with Gasteiger partial charge in [-0.15, -0.1) is 0 Å². The van der Waals surface area contributed by atoms with Gasteiger partial charge < -0.3 is 38.3 Å². The quantitative estimate of drug-likeness (QED) is 0.166. The molecule has 18 nitrogen and oxygen atoms in total. The van der Waals surface area contributed by atoms with Crippen molar-refractivity contribution >= 4 is 47.4 Å². The molecule has 2 amide bonds. The lowest BCUT2D eigenvalue weighted by Crippen LogP contribution is -2.63. The molecular weight excluding hydrogens is 632 g/mol. The van der Waals surface area contributed by atoms with E-state index < -0.39 is 113 Å². The second kappa shape index (κ2) is 16.1. The summed E-state index contributed by atoms with van der Waals surface area (Å²) in [5, 5.41) is 20.5. The Balaban J connectivity index is 2.08. The van der Waals surface area contributed by atoms with E-state index >= 15 is 0 Å². The minimum absolute atomic E-state index is 0.236. The second-order valence-electron chi connectivity index (χ2n) is 9.25. The van der Waals surface area contributed by atoms with Gasteiger partial charge in [0.2, 0.25) is 12.4 Å². The number of nitro groups is 1. The molecule has 3 rings (SSSR count). The number of aliphatic hydroxyl groups is 1. The van der Waals surface area contributed by atoms with Crippen molar-refractivity contribution in [2.24, 2.45) is 0 Å². The predicted molar refractivity (Wildman–Crippen MR) is 152 cm³/mol. The highest BCUT2D eigenvalue weighted by Crippen LogP contribution is 2.31. The van der Waals surface area contributed by atoms with E-state index in [9.17, 15) is 44.0 Å². The maximum absolute atomic E-state index is 13.8. The van der Waals surface area contributed by atoms with Crippen molar-refractivity contribution in [3.63, 3.8) is 0 Å². The van der Waals surface area contributed by atoms with E-state index in [0.29, 0.717) is 10.5 Å². The fraction of sp³-hybridized carbons (Fsp3) is 0.379. The zero-order chi connectivity index (χ0) is 37.7. The molecule has 0 radical (unpaired) electrons. The van der Waals surface area contributed by atoms with Gasteiger partial charge in [0.25, 0.3) is 5.69 Å². The first-order valence-corrected chi connectivity index (χ1v) is 13.1. The van der Waals surface area contributed by atoms with Gasteiger partial charge in [0.05, 0.1) is 17.2 Å². The maximum Gasteiger partial charge on any atom is 0.429 e. The molecule has 1 aliphatic heterocycles. The first kappa shape index (κ1) is 30.1. The number of benzene rings is 2. The molecule has 1 unspecified atom stereocenters. The van der Waals surface area contributed by atoms with Crippen molar-refractivity contribution in [2.45, 2.75) is 64.9 Å². The number of ether oxygens (including phenoxy) is 7. The number of rotatable bonds is 10. The van der Waals surface area contributed by atoms with Crippen LogP contribution in [-0.4, -0.2) is 83.4 Å². The Morgan fingerprint density at radius 1 is 0.809 bits per heavy atom. The molecule has 0 bridgehead atoms. The minimum atomic E-state index is -2.21. The maximum atomic E-state index is 13.8. The molecular formula is C29H30N2O16. The van der Waals surface area contributed by atoms with Crippen molar-refractivity contribution in [3.8, 4) is 5.75 Å². The summed E-state index contributed by atoms with van der Waals surface area (Å²) >= 11 is 0. The van der Waals surface area contributed by atoms with Crippen LogP contribution in [-0.2, 0) is 54.2 Å². The summed E-state index contributed by atoms with van der Waals surface area (Å²) in [6, 6.07) is 9.17. The molecule has 1 N–H and O–H groups in total. The summed E-state index contributed by atoms with van der Waals surface area (Å²) in [7, 11) is 0. The predicted octanol–water partition coefficient (Wildman–Crippen LogP) is 2.31. The van der Waals surface area contributed by atoms with Crippen molar-refractivity contribution < 1.29 is 77.4 Å². The van der Waals surface area contributed by atoms with Crippen LogP contribution in [0.2, 0.25) is 0 Å². The molecule has 5 atom stereocenters. The van der Waals surface area contributed by atoms with Crippen LogP contribution in [0, 0.1) is 10.1 Å². The van der Waals surface area contributed by atoms with Gasteiger partial charge in [-0.3, -0.25) is 29.3 Å². The smallest absolute Gasteiger partial charge is 0.429 e. The van der Waals surface area contributed by atoms with Crippen LogP contribution >= 0.6 is 0 Å². The fourth-order valence-electron chi connectivity index (χ4n) is 4.11. The topological polar surface area (TPSA) is 234 Å². The normalized spacial score (nSPS) is 21.3. The van der Waals surface area contributed by atoms with E-state index in [2.05, 4.69) is 0 Å². The number of aliphatic hydroxyl groups excluding tert-OH is 1. The number of anilines is 1. The summed E-state index contributed by atoms with van der Waals surface area (Å²) in [6.07, 6.45) is -13.0. The molecule has 47 heavy (non-hydrogen) atoms. The van der Waals surface area contributed by atoms with E-state index in [1.165, 1.54) is 24.3 Å². The van der Waals surface area contributed by atoms with Crippen molar-refractivity contribution in [1.29, 1.82) is 0 Å². The van der Waals surface area contributed by atoms with Crippen LogP contribution in [0.3, 0.4) is 0 Å². The molecule has 1 aliphatic rings. The number of hydrogen-bond donors (Lipinski definition) is 1. The Hall–Kier alpha value is -5.62. The molecule has 0 spiro atoms. The van der Waals surface area contributed by atoms with Crippen LogP contribution in [0.5, 0.6) is 5.75 Å². The zero-order valence-corrected chi connectivity index (χ0v) is 24.2. The molecule has 0 saturated carbocycles. The average Bonchev–Trinajstić information content (AvgIpc) is 3.13. The van der Waals surface area contributed by atoms with Crippen LogP contribution in [0.4, 0.5) is 21.0 Å². The molecule has 2 aromatic rings. The number of esters is 4. The number of carbonyl (C=O) groups excluding carboxylic acids is 6. The molecule has 1 fully saturated rings. The van der Waals surface area contributed by atoms with E-state index in [4.69, 9.17) is 38.6 Å². The lowest BCUT2D eigenvalue weighted by atomic mass is 9.98. The number of carbonyl (C=O) groups is 6. The highest BCUT2D eigenvalue weighted by Gasteiger charge is 2.54. The monoisotopic (exact) mass is 666 g/mol. The summed E-state index contributed by atoms with van der Waals surface area (Å²) in [6.45, 7) is -5.19. The Kier molecular flexibility index (Phi) is 10.3. The van der Waals surface area contributed by atoms with E-state index in [1.807, 2.05) is 0 Å². The molecule has 0 aromatic heterocycles. The Labute approximate surface area is 271 Å². The highest BCUT2D eigenvalue weighted by molar-refractivity contribution is 6.10. The van der Waals surface area contributed by atoms with E-state index in [1.54, 1.807) is 0 Å². The SMILES string of the molecule is [2H]CC(=O)OC[C@H]1OC(OC(=O)N(C(=O)Oc2ccc([N+](=O)[O-])cc2)c2ccc(CO)cc2)[C@H](OC(=O)C[2H])[C@@H](OC(=O)C[2H])[C@H]1OC(=O)C[2H]. The standard InChI is InChI=1S/C29H30N2O16/c1-15(33)41-14-23-24(42-16(2)34)25(43-17(3)35)26(44-18(4)36)27(46-23)47-29(38)30(20-7-5-19(13-32)6-8-20)28(37)45-22-11-9-21(10-12-22)31(39)40/h5-12,23-27,32H,13-14H2,1-4H3/t23-,24+,25+,26-,27?/m1/s1/i1D,2D,3D,4D. The van der Waals surface area contributed by atoms with E-state index in [-0.39, 0.29) is 17.1 Å². The number of imide groups is 1. The summed E-state index contributed by atoms with van der Waals surface area (Å²) in [4.78, 5) is 86.6. The summed E-state index contributed by atoms with van der Waals surface area (Å²) in [5.74, 6) is -5.20. The van der Waals surface area contributed by atoms with Gasteiger partial charge in [0.15, 0.2) is 12.2 Å². The summed E-state index contributed by atoms with van der Waals surface area (Å²) in [5.41, 5.74) is -0.227. The van der Waals surface area contributed by atoms with Crippen LogP contribution < -0.4 is 9.64 Å². The first-order valence-electron chi connectivity index (χ1n) is 15.9. The molecule has 1 saturated heterocycles. The second-order valence-corrected chi connectivity index (χ2v) is 9.25. The Morgan fingerprint density at radius 2 is 1.38 bits per heavy atom. The third-order valence-electron chi connectivity index (χ3n) is 6.01.